The van der Waals surface area contributed by atoms with E-state index in [1.807, 2.05) is 0 Å². The van der Waals surface area contributed by atoms with Gasteiger partial charge in [-0.2, -0.15) is 0 Å². The second-order valence-electron chi connectivity index (χ2n) is 4.73. The summed E-state index contributed by atoms with van der Waals surface area (Å²) in [7, 11) is 0. The number of piperidine rings is 1. The maximum atomic E-state index is 12.3. The number of amides is 1. The predicted molar refractivity (Wildman–Crippen MR) is 74.1 cm³/mol. The Balaban J connectivity index is 1.96. The van der Waals surface area contributed by atoms with Crippen molar-refractivity contribution in [1.82, 2.24) is 4.90 Å². The van der Waals surface area contributed by atoms with Crippen LogP contribution in [0.15, 0.2) is 24.3 Å². The van der Waals surface area contributed by atoms with Crippen LogP contribution in [0.2, 0.25) is 5.02 Å². The van der Waals surface area contributed by atoms with Crippen molar-refractivity contribution in [3.05, 3.63) is 34.9 Å². The number of halogens is 1. The third-order valence-electron chi connectivity index (χ3n) is 3.52. The molecule has 1 aromatic carbocycles. The number of hydrogen-bond donors (Lipinski definition) is 1. The Kier molecular flexibility index (Phi) is 4.56. The summed E-state index contributed by atoms with van der Waals surface area (Å²) in [6.45, 7) is 1.26. The molecule has 4 nitrogen and oxygen atoms in total. The molecular formula is C14H17ClN2O2. The molecule has 0 bridgehead atoms. The maximum Gasteiger partial charge on any atom is 0.236 e. The minimum atomic E-state index is -0.0441. The molecule has 5 heteroatoms. The molecule has 0 aliphatic carbocycles. The second-order valence-corrected chi connectivity index (χ2v) is 5.17. The van der Waals surface area contributed by atoms with Crippen LogP contribution in [-0.2, 0) is 4.79 Å². The van der Waals surface area contributed by atoms with Gasteiger partial charge in [-0.1, -0.05) is 11.6 Å². The van der Waals surface area contributed by atoms with E-state index < -0.39 is 0 Å². The summed E-state index contributed by atoms with van der Waals surface area (Å²) in [6, 6.07) is 6.95. The van der Waals surface area contributed by atoms with Crippen molar-refractivity contribution in [3.63, 3.8) is 0 Å². The first-order valence-corrected chi connectivity index (χ1v) is 6.77. The molecule has 0 unspecified atom stereocenters. The van der Waals surface area contributed by atoms with Crippen molar-refractivity contribution in [2.24, 2.45) is 11.7 Å². The largest absolute Gasteiger partial charge is 0.342 e. The standard InChI is InChI=1S/C14H17ClN2O2/c15-12-3-1-10(2-4-12)14(19)11-5-7-17(8-6-11)13(18)9-16/h1-4,11H,5-9,16H2. The van der Waals surface area contributed by atoms with E-state index >= 15 is 0 Å². The van der Waals surface area contributed by atoms with E-state index in [1.54, 1.807) is 29.2 Å². The van der Waals surface area contributed by atoms with E-state index in [1.165, 1.54) is 0 Å². The van der Waals surface area contributed by atoms with Crippen LogP contribution in [0.4, 0.5) is 0 Å². The van der Waals surface area contributed by atoms with Crippen LogP contribution in [0, 0.1) is 5.92 Å². The summed E-state index contributed by atoms with van der Waals surface area (Å²) in [5, 5.41) is 0.625. The molecule has 1 aliphatic rings. The van der Waals surface area contributed by atoms with Gasteiger partial charge < -0.3 is 10.6 Å². The summed E-state index contributed by atoms with van der Waals surface area (Å²) in [4.78, 5) is 25.5. The number of rotatable bonds is 3. The Labute approximate surface area is 117 Å². The van der Waals surface area contributed by atoms with Gasteiger partial charge >= 0.3 is 0 Å². The molecule has 0 aromatic heterocycles. The molecule has 1 saturated heterocycles. The Bertz CT molecular complexity index is 465. The first kappa shape index (κ1) is 14.0. The summed E-state index contributed by atoms with van der Waals surface area (Å²) < 4.78 is 0. The van der Waals surface area contributed by atoms with Crippen molar-refractivity contribution in [2.75, 3.05) is 19.6 Å². The van der Waals surface area contributed by atoms with Gasteiger partial charge in [-0.15, -0.1) is 0 Å². The molecule has 102 valence electrons. The number of hydrogen-bond acceptors (Lipinski definition) is 3. The van der Waals surface area contributed by atoms with E-state index in [-0.39, 0.29) is 24.2 Å². The number of carbonyl (C=O) groups is 2. The van der Waals surface area contributed by atoms with E-state index in [9.17, 15) is 9.59 Å². The molecule has 1 aromatic rings. The van der Waals surface area contributed by atoms with E-state index in [4.69, 9.17) is 17.3 Å². The topological polar surface area (TPSA) is 63.4 Å². The average molecular weight is 281 g/mol. The predicted octanol–water partition coefficient (Wildman–Crippen LogP) is 1.72. The summed E-state index contributed by atoms with van der Waals surface area (Å²) in [5.74, 6) is 0.0805. The molecular weight excluding hydrogens is 264 g/mol. The maximum absolute atomic E-state index is 12.3. The molecule has 1 amide bonds. The van der Waals surface area contributed by atoms with Gasteiger partial charge in [0.05, 0.1) is 6.54 Å². The van der Waals surface area contributed by atoms with Gasteiger partial charge in [-0.25, -0.2) is 0 Å². The van der Waals surface area contributed by atoms with Crippen LogP contribution >= 0.6 is 11.6 Å². The second kappa shape index (κ2) is 6.17. The first-order chi connectivity index (χ1) is 9.11. The number of carbonyl (C=O) groups excluding carboxylic acids is 2. The Morgan fingerprint density at radius 3 is 2.32 bits per heavy atom. The van der Waals surface area contributed by atoms with Crippen molar-refractivity contribution < 1.29 is 9.59 Å². The number of likely N-dealkylation sites (tertiary alicyclic amines) is 1. The quantitative estimate of drug-likeness (QED) is 0.858. The first-order valence-electron chi connectivity index (χ1n) is 6.39. The lowest BCUT2D eigenvalue weighted by atomic mass is 9.89. The van der Waals surface area contributed by atoms with E-state index in [2.05, 4.69) is 0 Å². The Hall–Kier alpha value is -1.39. The van der Waals surface area contributed by atoms with Crippen molar-refractivity contribution in [1.29, 1.82) is 0 Å². The number of ketones is 1. The van der Waals surface area contributed by atoms with Crippen LogP contribution in [0.3, 0.4) is 0 Å². The normalized spacial score (nSPS) is 16.4. The SMILES string of the molecule is NCC(=O)N1CCC(C(=O)c2ccc(Cl)cc2)CC1. The third-order valence-corrected chi connectivity index (χ3v) is 3.77. The van der Waals surface area contributed by atoms with Gasteiger partial charge in [0.2, 0.25) is 5.91 Å². The molecule has 2 N–H and O–H groups in total. The Morgan fingerprint density at radius 1 is 1.21 bits per heavy atom. The van der Waals surface area contributed by atoms with E-state index in [0.717, 1.165) is 0 Å². The lowest BCUT2D eigenvalue weighted by Crippen LogP contribution is -2.43. The number of nitrogens with two attached hydrogens (primary N) is 1. The fraction of sp³-hybridized carbons (Fsp3) is 0.429. The molecule has 0 spiro atoms. The highest BCUT2D eigenvalue weighted by atomic mass is 35.5. The molecule has 19 heavy (non-hydrogen) atoms. The summed E-state index contributed by atoms with van der Waals surface area (Å²) >= 11 is 5.80. The number of benzene rings is 1. The highest BCUT2D eigenvalue weighted by molar-refractivity contribution is 6.30. The zero-order chi connectivity index (χ0) is 13.8. The van der Waals surface area contributed by atoms with Gasteiger partial charge in [0.25, 0.3) is 0 Å². The number of nitrogens with zero attached hydrogens (tertiary/aromatic N) is 1. The van der Waals surface area contributed by atoms with Gasteiger partial charge in [-0.05, 0) is 37.1 Å². The molecule has 0 radical (unpaired) electrons. The van der Waals surface area contributed by atoms with Crippen LogP contribution in [0.5, 0.6) is 0 Å². The Morgan fingerprint density at radius 2 is 1.79 bits per heavy atom. The monoisotopic (exact) mass is 280 g/mol. The highest BCUT2D eigenvalue weighted by Gasteiger charge is 2.27. The lowest BCUT2D eigenvalue weighted by Gasteiger charge is -2.31. The molecule has 1 fully saturated rings. The van der Waals surface area contributed by atoms with Gasteiger partial charge in [-0.3, -0.25) is 9.59 Å². The number of Topliss-reactive ketones (excluding diaryl/α,β-unsaturated/α-hetero) is 1. The zero-order valence-electron chi connectivity index (χ0n) is 10.6. The van der Waals surface area contributed by atoms with Gasteiger partial charge in [0, 0.05) is 29.6 Å². The molecule has 2 rings (SSSR count). The smallest absolute Gasteiger partial charge is 0.236 e. The summed E-state index contributed by atoms with van der Waals surface area (Å²) in [5.41, 5.74) is 6.02. The fourth-order valence-electron chi connectivity index (χ4n) is 2.37. The lowest BCUT2D eigenvalue weighted by molar-refractivity contribution is -0.130. The van der Waals surface area contributed by atoms with Crippen LogP contribution in [0.1, 0.15) is 23.2 Å². The van der Waals surface area contributed by atoms with Crippen LogP contribution < -0.4 is 5.73 Å². The third kappa shape index (κ3) is 3.33. The average Bonchev–Trinajstić information content (AvgIpc) is 2.46. The van der Waals surface area contributed by atoms with Crippen molar-refractivity contribution in [2.45, 2.75) is 12.8 Å². The molecule has 1 heterocycles. The van der Waals surface area contributed by atoms with Gasteiger partial charge in [0.1, 0.15) is 0 Å². The van der Waals surface area contributed by atoms with E-state index in [0.29, 0.717) is 36.5 Å². The summed E-state index contributed by atoms with van der Waals surface area (Å²) in [6.07, 6.45) is 1.40. The minimum Gasteiger partial charge on any atom is -0.342 e. The molecule has 0 atom stereocenters. The molecule has 0 saturated carbocycles. The van der Waals surface area contributed by atoms with Crippen molar-refractivity contribution in [3.8, 4) is 0 Å². The fourth-order valence-corrected chi connectivity index (χ4v) is 2.50. The molecule has 1 aliphatic heterocycles. The zero-order valence-corrected chi connectivity index (χ0v) is 11.4. The van der Waals surface area contributed by atoms with Crippen LogP contribution in [0.25, 0.3) is 0 Å². The van der Waals surface area contributed by atoms with Crippen molar-refractivity contribution >= 4 is 23.3 Å². The van der Waals surface area contributed by atoms with Crippen LogP contribution in [-0.4, -0.2) is 36.2 Å². The highest BCUT2D eigenvalue weighted by Crippen LogP contribution is 2.22. The minimum absolute atomic E-state index is 0.0111. The van der Waals surface area contributed by atoms with Gasteiger partial charge in [0.15, 0.2) is 5.78 Å².